The Labute approximate surface area is 94.7 Å². The lowest BCUT2D eigenvalue weighted by molar-refractivity contribution is -0.0967. The van der Waals surface area contributed by atoms with Gasteiger partial charge < -0.3 is 19.7 Å². The molecule has 0 heterocycles. The maximum Gasteiger partial charge on any atom is 0.173 e. The molecule has 0 saturated carbocycles. The molecule has 0 fully saturated rings. The molecule has 0 amide bonds. The van der Waals surface area contributed by atoms with Gasteiger partial charge in [0.25, 0.3) is 0 Å². The number of hydrogen-bond acceptors (Lipinski definition) is 4. The minimum atomic E-state index is -1.05. The van der Waals surface area contributed by atoms with Gasteiger partial charge in [0.15, 0.2) is 6.29 Å². The molecule has 0 radical (unpaired) electrons. The molecule has 88 valence electrons. The molecule has 0 aliphatic heterocycles. The SMILES string of the molecule is C=CC(O)OCC(O)COc1ccccc1. The summed E-state index contributed by atoms with van der Waals surface area (Å²) in [7, 11) is 0. The van der Waals surface area contributed by atoms with Gasteiger partial charge in [-0.05, 0) is 18.2 Å². The van der Waals surface area contributed by atoms with Crippen LogP contribution in [0.2, 0.25) is 0 Å². The van der Waals surface area contributed by atoms with Crippen LogP contribution in [0.1, 0.15) is 0 Å². The summed E-state index contributed by atoms with van der Waals surface area (Å²) in [6.07, 6.45) is -0.591. The first-order chi connectivity index (χ1) is 7.72. The maximum absolute atomic E-state index is 9.46. The second-order valence-corrected chi connectivity index (χ2v) is 3.24. The number of para-hydroxylation sites is 1. The number of benzene rings is 1. The molecule has 0 aliphatic rings. The fourth-order valence-corrected chi connectivity index (χ4v) is 1.03. The van der Waals surface area contributed by atoms with E-state index >= 15 is 0 Å². The first-order valence-corrected chi connectivity index (χ1v) is 5.00. The third kappa shape index (κ3) is 4.93. The van der Waals surface area contributed by atoms with Gasteiger partial charge in [0.05, 0.1) is 6.61 Å². The Hall–Kier alpha value is -1.36. The predicted molar refractivity (Wildman–Crippen MR) is 60.1 cm³/mol. The third-order valence-electron chi connectivity index (χ3n) is 1.85. The molecule has 0 spiro atoms. The Kier molecular flexibility index (Phi) is 5.56. The van der Waals surface area contributed by atoms with Crippen molar-refractivity contribution in [3.8, 4) is 5.75 Å². The second kappa shape index (κ2) is 7.00. The maximum atomic E-state index is 9.46. The molecule has 4 heteroatoms. The predicted octanol–water partition coefficient (Wildman–Crippen LogP) is 0.947. The zero-order valence-electron chi connectivity index (χ0n) is 8.95. The quantitative estimate of drug-likeness (QED) is 0.534. The zero-order valence-corrected chi connectivity index (χ0v) is 8.95. The largest absolute Gasteiger partial charge is 0.491 e. The van der Waals surface area contributed by atoms with Gasteiger partial charge in [-0.2, -0.15) is 0 Å². The van der Waals surface area contributed by atoms with Gasteiger partial charge in [-0.3, -0.25) is 0 Å². The van der Waals surface area contributed by atoms with Crippen LogP contribution in [0.25, 0.3) is 0 Å². The molecule has 2 atom stereocenters. The van der Waals surface area contributed by atoms with Gasteiger partial charge >= 0.3 is 0 Å². The number of rotatable bonds is 7. The average molecular weight is 224 g/mol. The van der Waals surface area contributed by atoms with Crippen LogP contribution in [0.5, 0.6) is 5.75 Å². The fourth-order valence-electron chi connectivity index (χ4n) is 1.03. The van der Waals surface area contributed by atoms with Gasteiger partial charge in [0.1, 0.15) is 18.5 Å². The number of ether oxygens (including phenoxy) is 2. The van der Waals surface area contributed by atoms with Gasteiger partial charge in [-0.1, -0.05) is 24.8 Å². The van der Waals surface area contributed by atoms with E-state index in [9.17, 15) is 5.11 Å². The summed E-state index contributed by atoms with van der Waals surface area (Å²) in [5, 5.41) is 18.5. The Morgan fingerprint density at radius 3 is 2.50 bits per heavy atom. The third-order valence-corrected chi connectivity index (χ3v) is 1.85. The van der Waals surface area contributed by atoms with Crippen molar-refractivity contribution in [3.05, 3.63) is 43.0 Å². The summed E-state index contributed by atoms with van der Waals surface area (Å²) in [6, 6.07) is 9.17. The van der Waals surface area contributed by atoms with Crippen LogP contribution in [-0.4, -0.2) is 35.8 Å². The smallest absolute Gasteiger partial charge is 0.173 e. The minimum Gasteiger partial charge on any atom is -0.491 e. The molecule has 1 rings (SSSR count). The highest BCUT2D eigenvalue weighted by atomic mass is 16.6. The van der Waals surface area contributed by atoms with E-state index in [4.69, 9.17) is 14.6 Å². The van der Waals surface area contributed by atoms with Crippen LogP contribution in [0.15, 0.2) is 43.0 Å². The Morgan fingerprint density at radius 1 is 1.19 bits per heavy atom. The molecule has 0 aliphatic carbocycles. The Morgan fingerprint density at radius 2 is 1.88 bits per heavy atom. The first kappa shape index (κ1) is 12.7. The van der Waals surface area contributed by atoms with E-state index in [-0.39, 0.29) is 13.2 Å². The summed E-state index contributed by atoms with van der Waals surface area (Å²) >= 11 is 0. The molecular weight excluding hydrogens is 208 g/mol. The Bertz CT molecular complexity index is 299. The van der Waals surface area contributed by atoms with Gasteiger partial charge in [-0.25, -0.2) is 0 Å². The molecule has 2 N–H and O–H groups in total. The van der Waals surface area contributed by atoms with Crippen molar-refractivity contribution in [3.63, 3.8) is 0 Å². The van der Waals surface area contributed by atoms with Crippen molar-refractivity contribution in [1.82, 2.24) is 0 Å². The number of aliphatic hydroxyl groups is 2. The molecular formula is C12H16O4. The summed E-state index contributed by atoms with van der Waals surface area (Å²) < 4.78 is 10.1. The fraction of sp³-hybridized carbons (Fsp3) is 0.333. The molecule has 2 unspecified atom stereocenters. The van der Waals surface area contributed by atoms with E-state index < -0.39 is 12.4 Å². The van der Waals surface area contributed by atoms with Gasteiger partial charge in [0, 0.05) is 0 Å². The van der Waals surface area contributed by atoms with E-state index in [2.05, 4.69) is 6.58 Å². The lowest BCUT2D eigenvalue weighted by atomic mass is 10.3. The van der Waals surface area contributed by atoms with Crippen molar-refractivity contribution in [2.45, 2.75) is 12.4 Å². The highest BCUT2D eigenvalue weighted by molar-refractivity contribution is 5.20. The van der Waals surface area contributed by atoms with Crippen LogP contribution in [-0.2, 0) is 4.74 Å². The average Bonchev–Trinajstić information content (AvgIpc) is 2.34. The van der Waals surface area contributed by atoms with Crippen molar-refractivity contribution in [1.29, 1.82) is 0 Å². The van der Waals surface area contributed by atoms with Crippen LogP contribution in [0.4, 0.5) is 0 Å². The Balaban J connectivity index is 2.20. The molecule has 0 saturated heterocycles. The van der Waals surface area contributed by atoms with E-state index in [1.807, 2.05) is 18.2 Å². The lowest BCUT2D eigenvalue weighted by Gasteiger charge is -2.14. The van der Waals surface area contributed by atoms with Crippen LogP contribution >= 0.6 is 0 Å². The summed E-state index contributed by atoms with van der Waals surface area (Å²) in [5.41, 5.74) is 0. The highest BCUT2D eigenvalue weighted by Crippen LogP contribution is 2.08. The minimum absolute atomic E-state index is 0.0000201. The second-order valence-electron chi connectivity index (χ2n) is 3.24. The van der Waals surface area contributed by atoms with Gasteiger partial charge in [-0.15, -0.1) is 0 Å². The van der Waals surface area contributed by atoms with Crippen molar-refractivity contribution >= 4 is 0 Å². The summed E-state index contributed by atoms with van der Waals surface area (Å²) in [4.78, 5) is 0. The highest BCUT2D eigenvalue weighted by Gasteiger charge is 2.07. The van der Waals surface area contributed by atoms with E-state index in [0.29, 0.717) is 5.75 Å². The van der Waals surface area contributed by atoms with Crippen LogP contribution < -0.4 is 4.74 Å². The number of aliphatic hydroxyl groups excluding tert-OH is 2. The van der Waals surface area contributed by atoms with E-state index in [1.165, 1.54) is 6.08 Å². The monoisotopic (exact) mass is 224 g/mol. The molecule has 0 aromatic heterocycles. The standard InChI is InChI=1S/C12H16O4/c1-2-12(14)16-9-10(13)8-15-11-6-4-3-5-7-11/h2-7,10,12-14H,1,8-9H2. The molecule has 1 aromatic rings. The van der Waals surface area contributed by atoms with Gasteiger partial charge in [0.2, 0.25) is 0 Å². The van der Waals surface area contributed by atoms with Crippen molar-refractivity contribution in [2.24, 2.45) is 0 Å². The number of hydrogen-bond donors (Lipinski definition) is 2. The van der Waals surface area contributed by atoms with Crippen LogP contribution in [0.3, 0.4) is 0 Å². The van der Waals surface area contributed by atoms with Crippen molar-refractivity contribution < 1.29 is 19.7 Å². The van der Waals surface area contributed by atoms with Crippen molar-refractivity contribution in [2.75, 3.05) is 13.2 Å². The molecule has 0 bridgehead atoms. The van der Waals surface area contributed by atoms with E-state index in [1.54, 1.807) is 12.1 Å². The molecule has 16 heavy (non-hydrogen) atoms. The molecule has 1 aromatic carbocycles. The first-order valence-electron chi connectivity index (χ1n) is 5.00. The van der Waals surface area contributed by atoms with Crippen LogP contribution in [0, 0.1) is 0 Å². The lowest BCUT2D eigenvalue weighted by Crippen LogP contribution is -2.26. The normalized spacial score (nSPS) is 14.1. The summed E-state index contributed by atoms with van der Waals surface area (Å²) in [6.45, 7) is 3.46. The molecule has 4 nitrogen and oxygen atoms in total. The zero-order chi connectivity index (χ0) is 11.8. The summed E-state index contributed by atoms with van der Waals surface area (Å²) in [5.74, 6) is 0.686. The van der Waals surface area contributed by atoms with E-state index in [0.717, 1.165) is 0 Å². The topological polar surface area (TPSA) is 58.9 Å².